The molecular formula is C27H37N5O3. The number of aliphatic imine (C=N–C) groups is 1. The van der Waals surface area contributed by atoms with Crippen LogP contribution in [0, 0.1) is 5.92 Å². The lowest BCUT2D eigenvalue weighted by atomic mass is 9.82. The van der Waals surface area contributed by atoms with Gasteiger partial charge in [0.25, 0.3) is 0 Å². The number of ether oxygens (including phenoxy) is 1. The van der Waals surface area contributed by atoms with E-state index in [0.717, 1.165) is 51.1 Å². The molecule has 2 aliphatic heterocycles. The quantitative estimate of drug-likeness (QED) is 0.540. The topological polar surface area (TPSA) is 80.0 Å². The summed E-state index contributed by atoms with van der Waals surface area (Å²) < 4.78 is 7.04. The van der Waals surface area contributed by atoms with Crippen molar-refractivity contribution in [1.82, 2.24) is 14.5 Å². The third kappa shape index (κ3) is 5.32. The second-order valence-corrected chi connectivity index (χ2v) is 9.44. The van der Waals surface area contributed by atoms with Crippen LogP contribution in [0.4, 0.5) is 11.6 Å². The summed E-state index contributed by atoms with van der Waals surface area (Å²) in [4.78, 5) is 39.9. The van der Waals surface area contributed by atoms with Gasteiger partial charge in [0.05, 0.1) is 6.61 Å². The number of benzene rings is 1. The van der Waals surface area contributed by atoms with Crippen molar-refractivity contribution in [3.8, 4) is 0 Å². The van der Waals surface area contributed by atoms with E-state index < -0.39 is 5.92 Å². The molecule has 8 nitrogen and oxygen atoms in total. The molecule has 188 valence electrons. The molecule has 2 aliphatic rings. The molecule has 2 unspecified atom stereocenters. The minimum atomic E-state index is -0.470. The fourth-order valence-electron chi connectivity index (χ4n) is 5.23. The molecule has 1 aromatic heterocycles. The average molecular weight is 480 g/mol. The highest BCUT2D eigenvalue weighted by Crippen LogP contribution is 2.42. The number of hydrogen-bond donors (Lipinski definition) is 0. The van der Waals surface area contributed by atoms with Crippen LogP contribution in [0.3, 0.4) is 0 Å². The van der Waals surface area contributed by atoms with Gasteiger partial charge in [-0.1, -0.05) is 44.2 Å². The minimum absolute atomic E-state index is 0.177. The highest BCUT2D eigenvalue weighted by atomic mass is 16.5. The first kappa shape index (κ1) is 25.1. The summed E-state index contributed by atoms with van der Waals surface area (Å²) in [7, 11) is 0. The molecule has 0 spiro atoms. The van der Waals surface area contributed by atoms with E-state index in [9.17, 15) is 9.59 Å². The van der Waals surface area contributed by atoms with Gasteiger partial charge in [0.1, 0.15) is 17.6 Å². The Hall–Kier alpha value is -3.00. The van der Waals surface area contributed by atoms with Crippen molar-refractivity contribution < 1.29 is 9.53 Å². The smallest absolute Gasteiger partial charge is 0.351 e. The molecule has 0 aliphatic carbocycles. The Balaban J connectivity index is 1.59. The summed E-state index contributed by atoms with van der Waals surface area (Å²) >= 11 is 0. The molecule has 3 heterocycles. The first-order chi connectivity index (χ1) is 16.9. The van der Waals surface area contributed by atoms with Gasteiger partial charge in [0, 0.05) is 56.5 Å². The van der Waals surface area contributed by atoms with Crippen LogP contribution in [0.25, 0.3) is 0 Å². The van der Waals surface area contributed by atoms with Crippen LogP contribution in [0.15, 0.2) is 40.1 Å². The zero-order chi connectivity index (χ0) is 24.9. The lowest BCUT2D eigenvalue weighted by Gasteiger charge is -2.38. The molecule has 2 atom stereocenters. The highest BCUT2D eigenvalue weighted by molar-refractivity contribution is 6.04. The lowest BCUT2D eigenvalue weighted by molar-refractivity contribution is -0.146. The Kier molecular flexibility index (Phi) is 8.00. The van der Waals surface area contributed by atoms with Crippen LogP contribution in [-0.4, -0.2) is 65.5 Å². The number of esters is 1. The van der Waals surface area contributed by atoms with Gasteiger partial charge < -0.3 is 9.64 Å². The Labute approximate surface area is 207 Å². The fourth-order valence-corrected chi connectivity index (χ4v) is 5.23. The zero-order valence-corrected chi connectivity index (χ0v) is 21.4. The maximum atomic E-state index is 13.1. The molecule has 2 aromatic rings. The summed E-state index contributed by atoms with van der Waals surface area (Å²) in [5, 5.41) is 0. The molecule has 0 saturated carbocycles. The predicted octanol–water partition coefficient (Wildman–Crippen LogP) is 3.41. The van der Waals surface area contributed by atoms with Gasteiger partial charge in [0.15, 0.2) is 0 Å². The third-order valence-corrected chi connectivity index (χ3v) is 7.08. The average Bonchev–Trinajstić information content (AvgIpc) is 2.85. The molecule has 1 fully saturated rings. The molecule has 1 saturated heterocycles. The molecule has 1 aromatic carbocycles. The second kappa shape index (κ2) is 11.2. The van der Waals surface area contributed by atoms with Gasteiger partial charge in [-0.25, -0.2) is 9.79 Å². The summed E-state index contributed by atoms with van der Waals surface area (Å²) in [5.41, 5.74) is 2.65. The van der Waals surface area contributed by atoms with Crippen LogP contribution >= 0.6 is 0 Å². The van der Waals surface area contributed by atoms with Crippen LogP contribution in [0.2, 0.25) is 0 Å². The Morgan fingerprint density at radius 3 is 2.46 bits per heavy atom. The van der Waals surface area contributed by atoms with Gasteiger partial charge in [-0.2, -0.15) is 4.98 Å². The maximum absolute atomic E-state index is 13.1. The van der Waals surface area contributed by atoms with Gasteiger partial charge in [-0.05, 0) is 32.3 Å². The van der Waals surface area contributed by atoms with Crippen LogP contribution in [-0.2, 0) is 22.5 Å². The molecule has 0 radical (unpaired) electrons. The van der Waals surface area contributed by atoms with E-state index >= 15 is 0 Å². The van der Waals surface area contributed by atoms with E-state index in [4.69, 9.17) is 9.73 Å². The lowest BCUT2D eigenvalue weighted by Crippen LogP contribution is -2.48. The second-order valence-electron chi connectivity index (χ2n) is 9.44. The molecule has 0 amide bonds. The van der Waals surface area contributed by atoms with Gasteiger partial charge in [0.2, 0.25) is 0 Å². The third-order valence-electron chi connectivity index (χ3n) is 7.08. The van der Waals surface area contributed by atoms with Crippen molar-refractivity contribution in [2.75, 3.05) is 44.2 Å². The van der Waals surface area contributed by atoms with E-state index in [1.807, 2.05) is 33.8 Å². The number of piperazine rings is 1. The van der Waals surface area contributed by atoms with Crippen molar-refractivity contribution in [2.24, 2.45) is 10.9 Å². The van der Waals surface area contributed by atoms with E-state index in [1.54, 1.807) is 4.57 Å². The Morgan fingerprint density at radius 2 is 1.80 bits per heavy atom. The standard InChI is InChI=1S/C27H37N5O3/c1-5-13-32-25-23(19(3)22(20(4)28-25)26(33)35-6-2)24(29-27(32)34)31-17-15-30(16-18-31)14-12-21-10-8-7-9-11-21/h7-11,19,22H,5-6,12-18H2,1-4H3. The molecule has 35 heavy (non-hydrogen) atoms. The number of hydrogen-bond acceptors (Lipinski definition) is 7. The highest BCUT2D eigenvalue weighted by Gasteiger charge is 2.39. The number of anilines is 1. The summed E-state index contributed by atoms with van der Waals surface area (Å²) in [6, 6.07) is 10.5. The first-order valence-electron chi connectivity index (χ1n) is 12.8. The SMILES string of the molecule is CCCn1c2c(c(N3CCN(CCc4ccccc4)CC3)nc1=O)C(C)C(C(=O)OCC)C(C)=N2. The summed E-state index contributed by atoms with van der Waals surface area (Å²) in [6.07, 6.45) is 1.82. The van der Waals surface area contributed by atoms with Crippen molar-refractivity contribution in [3.63, 3.8) is 0 Å². The van der Waals surface area contributed by atoms with Crippen molar-refractivity contribution in [2.45, 2.75) is 53.0 Å². The predicted molar refractivity (Wildman–Crippen MR) is 139 cm³/mol. The molecule has 0 N–H and O–H groups in total. The van der Waals surface area contributed by atoms with Crippen molar-refractivity contribution >= 4 is 23.3 Å². The number of carbonyl (C=O) groups is 1. The number of nitrogens with zero attached hydrogens (tertiary/aromatic N) is 5. The number of carbonyl (C=O) groups excluding carboxylic acids is 1. The van der Waals surface area contributed by atoms with Gasteiger partial charge >= 0.3 is 11.7 Å². The molecule has 0 bridgehead atoms. The largest absolute Gasteiger partial charge is 0.465 e. The summed E-state index contributed by atoms with van der Waals surface area (Å²) in [5.74, 6) is 0.417. The monoisotopic (exact) mass is 479 g/mol. The van der Waals surface area contributed by atoms with E-state index in [2.05, 4.69) is 39.0 Å². The zero-order valence-electron chi connectivity index (χ0n) is 21.4. The summed E-state index contributed by atoms with van der Waals surface area (Å²) in [6.45, 7) is 13.0. The maximum Gasteiger partial charge on any atom is 0.351 e. The Morgan fingerprint density at radius 1 is 1.09 bits per heavy atom. The van der Waals surface area contributed by atoms with Crippen molar-refractivity contribution in [3.05, 3.63) is 51.9 Å². The van der Waals surface area contributed by atoms with Crippen LogP contribution < -0.4 is 10.6 Å². The van der Waals surface area contributed by atoms with Crippen LogP contribution in [0.1, 0.15) is 51.2 Å². The molecule has 8 heteroatoms. The minimum Gasteiger partial charge on any atom is -0.465 e. The van der Waals surface area contributed by atoms with Gasteiger partial charge in [-0.3, -0.25) is 14.3 Å². The van der Waals surface area contributed by atoms with E-state index in [-0.39, 0.29) is 17.6 Å². The number of fused-ring (bicyclic) bond motifs is 1. The fraction of sp³-hybridized carbons (Fsp3) is 0.556. The van der Waals surface area contributed by atoms with Crippen LogP contribution in [0.5, 0.6) is 0 Å². The first-order valence-corrected chi connectivity index (χ1v) is 12.8. The molecular weight excluding hydrogens is 442 g/mol. The molecule has 4 rings (SSSR count). The number of rotatable bonds is 8. The van der Waals surface area contributed by atoms with E-state index in [1.165, 1.54) is 5.56 Å². The van der Waals surface area contributed by atoms with Crippen molar-refractivity contribution in [1.29, 1.82) is 0 Å². The normalized spacial score (nSPS) is 20.3. The van der Waals surface area contributed by atoms with E-state index in [0.29, 0.717) is 30.5 Å². The Bertz CT molecular complexity index is 1120. The van der Waals surface area contributed by atoms with Gasteiger partial charge in [-0.15, -0.1) is 0 Å². The number of aromatic nitrogens is 2.